The van der Waals surface area contributed by atoms with E-state index in [2.05, 4.69) is 0 Å². The minimum atomic E-state index is -0.107. The summed E-state index contributed by atoms with van der Waals surface area (Å²) in [5, 5.41) is 0. The maximum atomic E-state index is 12.1. The molecule has 0 unspecified atom stereocenters. The maximum Gasteiger partial charge on any atom is 0.187 e. The number of anilines is 1. The first-order valence-electron chi connectivity index (χ1n) is 6.50. The van der Waals surface area contributed by atoms with Crippen molar-refractivity contribution in [1.82, 2.24) is 0 Å². The number of carbonyl (C=O) groups excluding carboxylic acids is 1. The molecule has 0 amide bonds. The van der Waals surface area contributed by atoms with Gasteiger partial charge in [0.1, 0.15) is 5.75 Å². The van der Waals surface area contributed by atoms with Gasteiger partial charge in [-0.1, -0.05) is 30.3 Å². The third kappa shape index (κ3) is 3.48. The SMILES string of the molecule is CCOc1cccc(C=CC(=O)c2ccccc2N)c1. The van der Waals surface area contributed by atoms with E-state index in [1.807, 2.05) is 31.2 Å². The predicted molar refractivity (Wildman–Crippen MR) is 81.8 cm³/mol. The maximum absolute atomic E-state index is 12.1. The third-order valence-electron chi connectivity index (χ3n) is 2.82. The molecule has 2 aromatic rings. The Morgan fingerprint density at radius 2 is 2.00 bits per heavy atom. The van der Waals surface area contributed by atoms with Crippen molar-refractivity contribution >= 4 is 17.5 Å². The fraction of sp³-hybridized carbons (Fsp3) is 0.118. The molecule has 0 heterocycles. The summed E-state index contributed by atoms with van der Waals surface area (Å²) in [7, 11) is 0. The fourth-order valence-corrected chi connectivity index (χ4v) is 1.86. The van der Waals surface area contributed by atoms with Crippen LogP contribution in [0.25, 0.3) is 6.08 Å². The van der Waals surface area contributed by atoms with Gasteiger partial charge in [-0.15, -0.1) is 0 Å². The number of allylic oxidation sites excluding steroid dienone is 1. The van der Waals surface area contributed by atoms with Crippen LogP contribution in [0.15, 0.2) is 54.6 Å². The molecular formula is C17H17NO2. The van der Waals surface area contributed by atoms with Gasteiger partial charge in [0.2, 0.25) is 0 Å². The Morgan fingerprint density at radius 3 is 2.75 bits per heavy atom. The van der Waals surface area contributed by atoms with E-state index in [0.29, 0.717) is 17.9 Å². The van der Waals surface area contributed by atoms with Crippen LogP contribution in [-0.4, -0.2) is 12.4 Å². The number of rotatable bonds is 5. The van der Waals surface area contributed by atoms with Crippen molar-refractivity contribution in [2.24, 2.45) is 0 Å². The molecule has 0 fully saturated rings. The Kier molecular flexibility index (Phi) is 4.56. The Balaban J connectivity index is 2.15. The molecule has 0 radical (unpaired) electrons. The van der Waals surface area contributed by atoms with Crippen molar-refractivity contribution in [3.05, 3.63) is 65.7 Å². The van der Waals surface area contributed by atoms with Gasteiger partial charge in [-0.05, 0) is 42.8 Å². The van der Waals surface area contributed by atoms with Crippen molar-refractivity contribution in [3.8, 4) is 5.75 Å². The van der Waals surface area contributed by atoms with Gasteiger partial charge >= 0.3 is 0 Å². The summed E-state index contributed by atoms with van der Waals surface area (Å²) < 4.78 is 5.42. The average molecular weight is 267 g/mol. The van der Waals surface area contributed by atoms with Crippen LogP contribution < -0.4 is 10.5 Å². The lowest BCUT2D eigenvalue weighted by atomic mass is 10.1. The van der Waals surface area contributed by atoms with E-state index in [-0.39, 0.29) is 5.78 Å². The van der Waals surface area contributed by atoms with E-state index in [1.54, 1.807) is 30.3 Å². The number of carbonyl (C=O) groups is 1. The second-order valence-electron chi connectivity index (χ2n) is 4.29. The second-order valence-corrected chi connectivity index (χ2v) is 4.29. The number of para-hydroxylation sites is 1. The molecule has 0 saturated carbocycles. The standard InChI is InChI=1S/C17H17NO2/c1-2-20-14-7-5-6-13(12-14)10-11-17(19)15-8-3-4-9-16(15)18/h3-12H,2,18H2,1H3. The summed E-state index contributed by atoms with van der Waals surface area (Å²) in [6.45, 7) is 2.55. The van der Waals surface area contributed by atoms with Gasteiger partial charge < -0.3 is 10.5 Å². The molecule has 3 heteroatoms. The first-order valence-corrected chi connectivity index (χ1v) is 6.50. The zero-order chi connectivity index (χ0) is 14.4. The fourth-order valence-electron chi connectivity index (χ4n) is 1.86. The van der Waals surface area contributed by atoms with E-state index >= 15 is 0 Å². The van der Waals surface area contributed by atoms with Gasteiger partial charge in [0.15, 0.2) is 5.78 Å². The van der Waals surface area contributed by atoms with Crippen LogP contribution in [-0.2, 0) is 0 Å². The van der Waals surface area contributed by atoms with Gasteiger partial charge in [-0.3, -0.25) is 4.79 Å². The number of nitrogen functional groups attached to an aromatic ring is 1. The van der Waals surface area contributed by atoms with E-state index in [0.717, 1.165) is 11.3 Å². The Bertz CT molecular complexity index is 632. The molecule has 2 N–H and O–H groups in total. The number of ether oxygens (including phenoxy) is 1. The van der Waals surface area contributed by atoms with Crippen LogP contribution in [0.2, 0.25) is 0 Å². The number of ketones is 1. The second kappa shape index (κ2) is 6.57. The summed E-state index contributed by atoms with van der Waals surface area (Å²) in [5.41, 5.74) is 7.70. The predicted octanol–water partition coefficient (Wildman–Crippen LogP) is 3.56. The number of benzene rings is 2. The van der Waals surface area contributed by atoms with Crippen molar-refractivity contribution in [1.29, 1.82) is 0 Å². The summed E-state index contributed by atoms with van der Waals surface area (Å²) in [6.07, 6.45) is 3.29. The van der Waals surface area contributed by atoms with E-state index in [4.69, 9.17) is 10.5 Å². The molecular weight excluding hydrogens is 250 g/mol. The Labute approximate surface area is 118 Å². The molecule has 2 aromatic carbocycles. The Hall–Kier alpha value is -2.55. The summed E-state index contributed by atoms with van der Waals surface area (Å²) in [5.74, 6) is 0.686. The van der Waals surface area contributed by atoms with Crippen molar-refractivity contribution < 1.29 is 9.53 Å². The molecule has 0 aliphatic heterocycles. The van der Waals surface area contributed by atoms with Gasteiger partial charge in [-0.2, -0.15) is 0 Å². The van der Waals surface area contributed by atoms with Gasteiger partial charge in [0.05, 0.1) is 6.61 Å². The van der Waals surface area contributed by atoms with Crippen molar-refractivity contribution in [2.45, 2.75) is 6.92 Å². The quantitative estimate of drug-likeness (QED) is 0.512. The largest absolute Gasteiger partial charge is 0.494 e. The highest BCUT2D eigenvalue weighted by molar-refractivity contribution is 6.10. The molecule has 3 nitrogen and oxygen atoms in total. The molecule has 2 rings (SSSR count). The first kappa shape index (κ1) is 13.9. The minimum Gasteiger partial charge on any atom is -0.494 e. The topological polar surface area (TPSA) is 52.3 Å². The summed E-state index contributed by atoms with van der Waals surface area (Å²) >= 11 is 0. The molecule has 0 aliphatic carbocycles. The lowest BCUT2D eigenvalue weighted by Crippen LogP contribution is -1.99. The van der Waals surface area contributed by atoms with Gasteiger partial charge in [0, 0.05) is 11.3 Å². The highest BCUT2D eigenvalue weighted by atomic mass is 16.5. The lowest BCUT2D eigenvalue weighted by molar-refractivity contribution is 0.104. The van der Waals surface area contributed by atoms with Crippen molar-refractivity contribution in [3.63, 3.8) is 0 Å². The van der Waals surface area contributed by atoms with Gasteiger partial charge in [-0.25, -0.2) is 0 Å². The van der Waals surface area contributed by atoms with Gasteiger partial charge in [0.25, 0.3) is 0 Å². The zero-order valence-electron chi connectivity index (χ0n) is 11.4. The number of hydrogen-bond donors (Lipinski definition) is 1. The normalized spacial score (nSPS) is 10.7. The summed E-state index contributed by atoms with van der Waals surface area (Å²) in [4.78, 5) is 12.1. The van der Waals surface area contributed by atoms with E-state index in [1.165, 1.54) is 6.08 Å². The zero-order valence-corrected chi connectivity index (χ0v) is 11.4. The highest BCUT2D eigenvalue weighted by Gasteiger charge is 2.04. The molecule has 0 aromatic heterocycles. The molecule has 0 spiro atoms. The number of hydrogen-bond acceptors (Lipinski definition) is 3. The van der Waals surface area contributed by atoms with Crippen LogP contribution in [0.1, 0.15) is 22.8 Å². The van der Waals surface area contributed by atoms with Crippen LogP contribution in [0.4, 0.5) is 5.69 Å². The molecule has 0 bridgehead atoms. The highest BCUT2D eigenvalue weighted by Crippen LogP contribution is 2.16. The van der Waals surface area contributed by atoms with E-state index in [9.17, 15) is 4.79 Å². The third-order valence-corrected chi connectivity index (χ3v) is 2.82. The molecule has 20 heavy (non-hydrogen) atoms. The molecule has 0 atom stereocenters. The van der Waals surface area contributed by atoms with Crippen molar-refractivity contribution in [2.75, 3.05) is 12.3 Å². The van der Waals surface area contributed by atoms with E-state index < -0.39 is 0 Å². The minimum absolute atomic E-state index is 0.107. The molecule has 102 valence electrons. The van der Waals surface area contributed by atoms with Crippen LogP contribution in [0, 0.1) is 0 Å². The van der Waals surface area contributed by atoms with Crippen LogP contribution in [0.5, 0.6) is 5.75 Å². The van der Waals surface area contributed by atoms with Crippen LogP contribution in [0.3, 0.4) is 0 Å². The molecule has 0 aliphatic rings. The monoisotopic (exact) mass is 267 g/mol. The lowest BCUT2D eigenvalue weighted by Gasteiger charge is -2.03. The van der Waals surface area contributed by atoms with Crippen LogP contribution >= 0.6 is 0 Å². The summed E-state index contributed by atoms with van der Waals surface area (Å²) in [6, 6.07) is 14.6. The Morgan fingerprint density at radius 1 is 1.20 bits per heavy atom. The average Bonchev–Trinajstić information content (AvgIpc) is 2.46. The first-order chi connectivity index (χ1) is 9.70. The molecule has 0 saturated heterocycles. The number of nitrogens with two attached hydrogens (primary N) is 1. The smallest absolute Gasteiger partial charge is 0.187 e.